The second-order valence-corrected chi connectivity index (χ2v) is 12.4. The molecule has 6 heteroatoms. The van der Waals surface area contributed by atoms with Crippen LogP contribution in [0.25, 0.3) is 0 Å². The van der Waals surface area contributed by atoms with Crippen molar-refractivity contribution in [2.45, 2.75) is 69.7 Å². The molecule has 0 fully saturated rings. The molecule has 0 bridgehead atoms. The third kappa shape index (κ3) is 7.36. The Morgan fingerprint density at radius 3 is 2.14 bits per heavy atom. The fourth-order valence-electron chi connectivity index (χ4n) is 4.76. The Hall–Kier alpha value is -2.78. The van der Waals surface area contributed by atoms with E-state index in [1.165, 1.54) is 6.07 Å². The summed E-state index contributed by atoms with van der Waals surface area (Å²) in [5.74, 6) is -0.779. The van der Waals surface area contributed by atoms with E-state index in [9.17, 15) is 14.0 Å². The van der Waals surface area contributed by atoms with Gasteiger partial charge in [0.1, 0.15) is 0 Å². The first-order valence-corrected chi connectivity index (χ1v) is 15.1. The summed E-state index contributed by atoms with van der Waals surface area (Å²) in [7, 11) is 0. The van der Waals surface area contributed by atoms with Crippen molar-refractivity contribution in [3.8, 4) is 0 Å². The van der Waals surface area contributed by atoms with E-state index in [0.29, 0.717) is 23.6 Å². The van der Waals surface area contributed by atoms with Gasteiger partial charge in [-0.3, -0.25) is 0 Å². The number of nitrogens with zero attached hydrogens (tertiary/aromatic N) is 2. The fourth-order valence-corrected chi connectivity index (χ4v) is 7.32. The Bertz CT molecular complexity index is 1110. The first-order chi connectivity index (χ1) is 17.3. The third-order valence-corrected chi connectivity index (χ3v) is 9.11. The number of pyridine rings is 1. The molecule has 0 spiro atoms. The zero-order valence-corrected chi connectivity index (χ0v) is 23.6. The van der Waals surface area contributed by atoms with Gasteiger partial charge in [-0.1, -0.05) is 0 Å². The summed E-state index contributed by atoms with van der Waals surface area (Å²) in [6.07, 6.45) is 4.23. The molecular weight excluding hydrogens is 514 g/mol. The van der Waals surface area contributed by atoms with Crippen LogP contribution in [0.5, 0.6) is 0 Å². The summed E-state index contributed by atoms with van der Waals surface area (Å²) in [6.45, 7) is 8.15. The van der Waals surface area contributed by atoms with Gasteiger partial charge in [0.15, 0.2) is 0 Å². The molecule has 3 aromatic rings. The molecule has 0 N–H and O–H groups in total. The van der Waals surface area contributed by atoms with Gasteiger partial charge < -0.3 is 0 Å². The molecule has 190 valence electrons. The van der Waals surface area contributed by atoms with Gasteiger partial charge in [-0.25, -0.2) is 0 Å². The Morgan fingerprint density at radius 1 is 0.889 bits per heavy atom. The van der Waals surface area contributed by atoms with Crippen molar-refractivity contribution in [2.24, 2.45) is 0 Å². The van der Waals surface area contributed by atoms with Gasteiger partial charge >= 0.3 is 221 Å². The van der Waals surface area contributed by atoms with Gasteiger partial charge in [-0.2, -0.15) is 0 Å². The van der Waals surface area contributed by atoms with E-state index in [4.69, 9.17) is 0 Å². The number of benzene rings is 2. The van der Waals surface area contributed by atoms with Crippen LogP contribution in [0.4, 0.5) is 4.39 Å². The van der Waals surface area contributed by atoms with Crippen molar-refractivity contribution in [3.05, 3.63) is 102 Å². The number of halogens is 1. The molecule has 3 unspecified atom stereocenters. The number of carbonyl (C=O) groups excluding carboxylic acids is 2. The topological polar surface area (TPSA) is 50.3 Å². The van der Waals surface area contributed by atoms with Crippen LogP contribution in [0, 0.1) is 5.82 Å². The van der Waals surface area contributed by atoms with E-state index in [0.717, 1.165) is 11.1 Å². The van der Waals surface area contributed by atoms with Crippen molar-refractivity contribution in [2.75, 3.05) is 0 Å². The quantitative estimate of drug-likeness (QED) is 0.270. The summed E-state index contributed by atoms with van der Waals surface area (Å²) in [5.41, 5.74) is 2.50. The maximum absolute atomic E-state index is 14.1. The summed E-state index contributed by atoms with van der Waals surface area (Å²) in [4.78, 5) is 33.3. The van der Waals surface area contributed by atoms with E-state index >= 15 is 0 Å². The molecule has 3 atom stereocenters. The van der Waals surface area contributed by atoms with Crippen LogP contribution in [0.3, 0.4) is 0 Å². The van der Waals surface area contributed by atoms with Gasteiger partial charge in [-0.15, -0.1) is 0 Å². The third-order valence-electron chi connectivity index (χ3n) is 6.41. The van der Waals surface area contributed by atoms with Gasteiger partial charge in [0.05, 0.1) is 0 Å². The molecule has 4 nitrogen and oxygen atoms in total. The van der Waals surface area contributed by atoms with Crippen LogP contribution >= 0.6 is 0 Å². The molecule has 0 aliphatic rings. The monoisotopic (exact) mass is 550 g/mol. The summed E-state index contributed by atoms with van der Waals surface area (Å²) in [6, 6.07) is 20.6. The van der Waals surface area contributed by atoms with Gasteiger partial charge in [0.2, 0.25) is 0 Å². The molecule has 1 aromatic heterocycles. The number of hydrogen-bond acceptors (Lipinski definition) is 3. The molecule has 1 amide bonds. The zero-order chi connectivity index (χ0) is 26.1. The Labute approximate surface area is 221 Å². The van der Waals surface area contributed by atoms with Crippen LogP contribution in [0.15, 0.2) is 79.1 Å². The van der Waals surface area contributed by atoms with Crippen LogP contribution in [0.2, 0.25) is 5.21 Å². The van der Waals surface area contributed by atoms with Crippen molar-refractivity contribution >= 4 is 26.2 Å². The molecule has 3 rings (SSSR count). The zero-order valence-electron chi connectivity index (χ0n) is 21.5. The molecule has 0 aliphatic heterocycles. The first-order valence-electron chi connectivity index (χ1n) is 12.6. The number of amides is 1. The molecule has 0 aliphatic carbocycles. The Kier molecular flexibility index (Phi) is 10.4. The van der Waals surface area contributed by atoms with Gasteiger partial charge in [-0.05, 0) is 0 Å². The van der Waals surface area contributed by atoms with E-state index in [-0.39, 0.29) is 34.3 Å². The van der Waals surface area contributed by atoms with Gasteiger partial charge in [0, 0.05) is 0 Å². The molecule has 0 saturated carbocycles. The van der Waals surface area contributed by atoms with Crippen LogP contribution in [0.1, 0.15) is 62.6 Å². The minimum atomic E-state index is -1.03. The van der Waals surface area contributed by atoms with Gasteiger partial charge in [0.25, 0.3) is 0 Å². The van der Waals surface area contributed by atoms with Crippen LogP contribution in [-0.2, 0) is 16.0 Å². The number of aromatic nitrogens is 1. The van der Waals surface area contributed by atoms with E-state index in [1.807, 2.05) is 75.1 Å². The van der Waals surface area contributed by atoms with E-state index < -0.39 is 21.7 Å². The SMILES string of the molecule is CC(C)N(C(=O)C(c1cccnc1)C(C[AsH]C(=O)CCc1ccccc1F)c1ccccc1)C(C)C. The maximum atomic E-state index is 14.1. The standard InChI is InChI=1S/C30H36AsFN2O2/c1-21(2)34(22(3)4)30(36)29(25-14-10-18-33-20-25)26(23-11-6-5-7-12-23)19-31-28(35)17-16-24-13-8-9-15-27(24)32/h5-15,18,20-22,26,29,31H,16-17,19H2,1-4H3. The second kappa shape index (κ2) is 13.5. The normalized spacial score (nSPS) is 13.3. The average molecular weight is 551 g/mol. The molecule has 36 heavy (non-hydrogen) atoms. The number of carbonyl (C=O) groups is 2. The predicted molar refractivity (Wildman–Crippen MR) is 145 cm³/mol. The summed E-state index contributed by atoms with van der Waals surface area (Å²) in [5, 5.41) is 0.648. The number of aryl methyl sites for hydroxylation is 1. The molecule has 0 saturated heterocycles. The minimum absolute atomic E-state index is 0.0477. The average Bonchev–Trinajstić information content (AvgIpc) is 2.86. The molecule has 0 radical (unpaired) electrons. The van der Waals surface area contributed by atoms with Crippen molar-refractivity contribution in [3.63, 3.8) is 0 Å². The Morgan fingerprint density at radius 2 is 1.53 bits per heavy atom. The molecule has 2 aromatic carbocycles. The van der Waals surface area contributed by atoms with E-state index in [2.05, 4.69) is 4.98 Å². The first kappa shape index (κ1) is 27.8. The Balaban J connectivity index is 1.89. The van der Waals surface area contributed by atoms with Crippen molar-refractivity contribution in [1.82, 2.24) is 9.88 Å². The number of rotatable bonds is 12. The molecule has 1 heterocycles. The van der Waals surface area contributed by atoms with E-state index in [1.54, 1.807) is 30.6 Å². The summed E-state index contributed by atoms with van der Waals surface area (Å²) < 4.78 is 14.2. The number of hydrogen-bond donors (Lipinski definition) is 0. The van der Waals surface area contributed by atoms with Crippen molar-refractivity contribution in [1.29, 1.82) is 0 Å². The van der Waals surface area contributed by atoms with Crippen LogP contribution < -0.4 is 0 Å². The fraction of sp³-hybridized carbons (Fsp3) is 0.367. The molecular formula is C30H36AsFN2O2. The summed E-state index contributed by atoms with van der Waals surface area (Å²) >= 11 is -1.03. The second-order valence-electron chi connectivity index (χ2n) is 9.61. The van der Waals surface area contributed by atoms with Crippen molar-refractivity contribution < 1.29 is 14.0 Å². The predicted octanol–water partition coefficient (Wildman–Crippen LogP) is 5.75. The van der Waals surface area contributed by atoms with Crippen LogP contribution in [-0.4, -0.2) is 48.2 Å².